The van der Waals surface area contributed by atoms with Crippen molar-refractivity contribution in [2.45, 2.75) is 40.0 Å². The van der Waals surface area contributed by atoms with Gasteiger partial charge in [-0.3, -0.25) is 4.79 Å². The summed E-state index contributed by atoms with van der Waals surface area (Å²) in [5.74, 6) is -0.00190. The van der Waals surface area contributed by atoms with E-state index in [9.17, 15) is 4.79 Å². The van der Waals surface area contributed by atoms with Gasteiger partial charge in [0.25, 0.3) is 0 Å². The van der Waals surface area contributed by atoms with Gasteiger partial charge in [-0.2, -0.15) is 0 Å². The van der Waals surface area contributed by atoms with Crippen LogP contribution in [0.15, 0.2) is 18.2 Å². The average molecular weight is 207 g/mol. The first kappa shape index (κ1) is 11.8. The third-order valence-electron chi connectivity index (χ3n) is 2.42. The highest BCUT2D eigenvalue weighted by Crippen LogP contribution is 2.24. The van der Waals surface area contributed by atoms with E-state index in [4.69, 9.17) is 0 Å². The highest BCUT2D eigenvalue weighted by molar-refractivity contribution is 5.88. The summed E-state index contributed by atoms with van der Waals surface area (Å²) in [6, 6.07) is 6.18. The first-order valence-electron chi connectivity index (χ1n) is 5.65. The minimum absolute atomic E-state index is 0. The third kappa shape index (κ3) is 3.08. The predicted octanol–water partition coefficient (Wildman–Crippen LogP) is 3.41. The van der Waals surface area contributed by atoms with Crippen LogP contribution in [0.2, 0.25) is 0 Å². The number of rotatable bonds is 1. The van der Waals surface area contributed by atoms with Gasteiger partial charge in [0, 0.05) is 14.0 Å². The molecule has 2 rings (SSSR count). The summed E-state index contributed by atoms with van der Waals surface area (Å²) in [5, 5.41) is 2.80. The van der Waals surface area contributed by atoms with Gasteiger partial charge in [-0.1, -0.05) is 19.9 Å². The molecule has 1 amide bonds. The number of anilines is 1. The molecule has 0 spiro atoms. The molecule has 1 aromatic rings. The number of nitrogens with one attached hydrogen (secondary N) is 1. The van der Waals surface area contributed by atoms with Crippen LogP contribution in [-0.4, -0.2) is 5.91 Å². The summed E-state index contributed by atoms with van der Waals surface area (Å²) in [4.78, 5) is 10.8. The van der Waals surface area contributed by atoms with Gasteiger partial charge in [-0.05, 0) is 42.5 Å². The second-order valence-corrected chi connectivity index (χ2v) is 3.52. The number of fused-ring (bicyclic) bond motifs is 1. The SMILES string of the molecule is CC.CC(=O)Nc1ccc2c(c1)CCC2.[HH]. The van der Waals surface area contributed by atoms with E-state index in [0.717, 1.165) is 12.1 Å². The van der Waals surface area contributed by atoms with Crippen molar-refractivity contribution in [2.75, 3.05) is 5.32 Å². The Labute approximate surface area is 93.2 Å². The number of amides is 1. The predicted molar refractivity (Wildman–Crippen MR) is 66.2 cm³/mol. The molecule has 0 heterocycles. The maximum atomic E-state index is 10.8. The van der Waals surface area contributed by atoms with Crippen LogP contribution < -0.4 is 5.32 Å². The van der Waals surface area contributed by atoms with E-state index in [1.54, 1.807) is 0 Å². The van der Waals surface area contributed by atoms with Crippen LogP contribution in [0.4, 0.5) is 5.69 Å². The molecule has 1 aromatic carbocycles. The first-order chi connectivity index (χ1) is 7.25. The topological polar surface area (TPSA) is 29.1 Å². The molecule has 2 nitrogen and oxygen atoms in total. The van der Waals surface area contributed by atoms with E-state index >= 15 is 0 Å². The molecule has 84 valence electrons. The van der Waals surface area contributed by atoms with Crippen LogP contribution in [0.1, 0.15) is 39.7 Å². The molecular weight excluding hydrogens is 186 g/mol. The number of hydrogen-bond acceptors (Lipinski definition) is 1. The first-order valence-corrected chi connectivity index (χ1v) is 5.65. The van der Waals surface area contributed by atoms with Crippen LogP contribution in [0.25, 0.3) is 0 Å². The standard InChI is InChI=1S/C11H13NO.C2H6.H2/c1-8(13)12-11-6-5-9-3-2-4-10(9)7-11;1-2;/h5-7H,2-4H2,1H3,(H,12,13);1-2H3;1H. The Hall–Kier alpha value is -1.31. The Balaban J connectivity index is 0.000000711. The van der Waals surface area contributed by atoms with Crippen LogP contribution in [0, 0.1) is 0 Å². The van der Waals surface area contributed by atoms with Crippen molar-refractivity contribution in [1.82, 2.24) is 0 Å². The number of aryl methyl sites for hydroxylation is 2. The highest BCUT2D eigenvalue weighted by Gasteiger charge is 2.10. The van der Waals surface area contributed by atoms with Crippen molar-refractivity contribution >= 4 is 11.6 Å². The Morgan fingerprint density at radius 3 is 2.60 bits per heavy atom. The molecule has 0 aliphatic heterocycles. The zero-order valence-corrected chi connectivity index (χ0v) is 9.76. The van der Waals surface area contributed by atoms with E-state index in [-0.39, 0.29) is 7.33 Å². The molecule has 0 radical (unpaired) electrons. The molecule has 0 unspecified atom stereocenters. The molecule has 0 saturated heterocycles. The van der Waals surface area contributed by atoms with Crippen molar-refractivity contribution in [3.63, 3.8) is 0 Å². The van der Waals surface area contributed by atoms with Gasteiger partial charge in [-0.15, -0.1) is 0 Å². The lowest BCUT2D eigenvalue weighted by Gasteiger charge is -2.04. The van der Waals surface area contributed by atoms with Gasteiger partial charge >= 0.3 is 0 Å². The highest BCUT2D eigenvalue weighted by atomic mass is 16.1. The Kier molecular flexibility index (Phi) is 4.35. The lowest BCUT2D eigenvalue weighted by molar-refractivity contribution is -0.114. The summed E-state index contributed by atoms with van der Waals surface area (Å²) in [5.41, 5.74) is 3.76. The Bertz CT molecular complexity index is 350. The second-order valence-electron chi connectivity index (χ2n) is 3.52. The average Bonchev–Trinajstić information content (AvgIpc) is 2.67. The summed E-state index contributed by atoms with van der Waals surface area (Å²) >= 11 is 0. The molecule has 2 heteroatoms. The number of hydrogen-bond donors (Lipinski definition) is 1. The molecule has 1 N–H and O–H groups in total. The maximum Gasteiger partial charge on any atom is 0.221 e. The van der Waals surface area contributed by atoms with E-state index in [2.05, 4.69) is 17.4 Å². The molecule has 0 bridgehead atoms. The van der Waals surface area contributed by atoms with Gasteiger partial charge in [0.05, 0.1) is 0 Å². The number of carbonyl (C=O) groups excluding carboxylic acids is 1. The largest absolute Gasteiger partial charge is 0.326 e. The van der Waals surface area contributed by atoms with E-state index in [1.807, 2.05) is 19.9 Å². The van der Waals surface area contributed by atoms with Crippen molar-refractivity contribution in [2.24, 2.45) is 0 Å². The summed E-state index contributed by atoms with van der Waals surface area (Å²) < 4.78 is 0. The van der Waals surface area contributed by atoms with Crippen LogP contribution in [0.5, 0.6) is 0 Å². The number of benzene rings is 1. The second kappa shape index (κ2) is 5.54. The maximum absolute atomic E-state index is 10.8. The minimum Gasteiger partial charge on any atom is -0.326 e. The molecule has 0 aromatic heterocycles. The molecule has 0 saturated carbocycles. The summed E-state index contributed by atoms with van der Waals surface area (Å²) in [6.45, 7) is 5.53. The minimum atomic E-state index is -0.00190. The Morgan fingerprint density at radius 1 is 1.27 bits per heavy atom. The van der Waals surface area contributed by atoms with Crippen molar-refractivity contribution in [3.05, 3.63) is 29.3 Å². The zero-order chi connectivity index (χ0) is 11.3. The van der Waals surface area contributed by atoms with Crippen molar-refractivity contribution in [1.29, 1.82) is 0 Å². The van der Waals surface area contributed by atoms with Gasteiger partial charge < -0.3 is 5.32 Å². The molecular formula is C13H21NO. The fraction of sp³-hybridized carbons (Fsp3) is 0.462. The van der Waals surface area contributed by atoms with Crippen molar-refractivity contribution in [3.8, 4) is 0 Å². The van der Waals surface area contributed by atoms with Gasteiger partial charge in [0.2, 0.25) is 5.91 Å². The number of carbonyl (C=O) groups is 1. The molecule has 15 heavy (non-hydrogen) atoms. The summed E-state index contributed by atoms with van der Waals surface area (Å²) in [6.07, 6.45) is 3.59. The van der Waals surface area contributed by atoms with E-state index in [0.29, 0.717) is 0 Å². The van der Waals surface area contributed by atoms with Crippen molar-refractivity contribution < 1.29 is 6.22 Å². The molecule has 0 fully saturated rings. The monoisotopic (exact) mass is 207 g/mol. The molecule has 0 atom stereocenters. The normalized spacial score (nSPS) is 12.5. The lowest BCUT2D eigenvalue weighted by atomic mass is 10.1. The third-order valence-corrected chi connectivity index (χ3v) is 2.42. The van der Waals surface area contributed by atoms with Crippen LogP contribution in [0.3, 0.4) is 0 Å². The van der Waals surface area contributed by atoms with Crippen LogP contribution >= 0.6 is 0 Å². The van der Waals surface area contributed by atoms with Gasteiger partial charge in [0.1, 0.15) is 0 Å². The fourth-order valence-electron chi connectivity index (χ4n) is 1.85. The Morgan fingerprint density at radius 2 is 1.93 bits per heavy atom. The van der Waals surface area contributed by atoms with Crippen LogP contribution in [-0.2, 0) is 17.6 Å². The van der Waals surface area contributed by atoms with E-state index in [1.165, 1.54) is 30.9 Å². The molecule has 1 aliphatic carbocycles. The zero-order valence-electron chi connectivity index (χ0n) is 9.76. The van der Waals surface area contributed by atoms with Gasteiger partial charge in [-0.25, -0.2) is 0 Å². The van der Waals surface area contributed by atoms with E-state index < -0.39 is 0 Å². The quantitative estimate of drug-likeness (QED) is 0.751. The molecule has 1 aliphatic rings. The lowest BCUT2D eigenvalue weighted by Crippen LogP contribution is -2.05. The smallest absolute Gasteiger partial charge is 0.221 e. The van der Waals surface area contributed by atoms with Gasteiger partial charge in [0.15, 0.2) is 0 Å². The fourth-order valence-corrected chi connectivity index (χ4v) is 1.85. The summed E-state index contributed by atoms with van der Waals surface area (Å²) in [7, 11) is 0.